The molecule has 0 radical (unpaired) electrons. The van der Waals surface area contributed by atoms with E-state index in [-0.39, 0.29) is 11.4 Å². The van der Waals surface area contributed by atoms with E-state index in [1.54, 1.807) is 30.3 Å². The van der Waals surface area contributed by atoms with Gasteiger partial charge in [0.15, 0.2) is 0 Å². The second-order valence-electron chi connectivity index (χ2n) is 6.73. The van der Waals surface area contributed by atoms with Gasteiger partial charge in [-0.1, -0.05) is 30.3 Å². The molecular weight excluding hydrogens is 357 g/mol. The van der Waals surface area contributed by atoms with E-state index >= 15 is 0 Å². The number of halogens is 1. The van der Waals surface area contributed by atoms with Crippen LogP contribution in [-0.4, -0.2) is 18.1 Å². The standard InChI is InChI=1S/C23H22FNO3/c1-16-12-18(14-25(2)21-5-3-4-19(13-21)23(26)27)8-11-22(16)28-15-17-6-9-20(24)10-7-17/h3-13H,14-15H2,1-2H3,(H,26,27). The summed E-state index contributed by atoms with van der Waals surface area (Å²) in [5, 5.41) is 9.14. The largest absolute Gasteiger partial charge is 0.489 e. The van der Waals surface area contributed by atoms with Crippen molar-refractivity contribution >= 4 is 11.7 Å². The van der Waals surface area contributed by atoms with E-state index in [2.05, 4.69) is 6.07 Å². The summed E-state index contributed by atoms with van der Waals surface area (Å²) in [6.07, 6.45) is 0. The van der Waals surface area contributed by atoms with Gasteiger partial charge in [-0.25, -0.2) is 9.18 Å². The third-order valence-corrected chi connectivity index (χ3v) is 4.50. The molecule has 0 fully saturated rings. The molecule has 3 rings (SSSR count). The van der Waals surface area contributed by atoms with Gasteiger partial charge in [0.05, 0.1) is 5.56 Å². The molecule has 5 heteroatoms. The first-order chi connectivity index (χ1) is 13.4. The maximum atomic E-state index is 13.0. The first-order valence-corrected chi connectivity index (χ1v) is 8.93. The normalized spacial score (nSPS) is 10.5. The molecule has 0 bridgehead atoms. The number of aryl methyl sites for hydroxylation is 1. The Morgan fingerprint density at radius 2 is 1.75 bits per heavy atom. The predicted molar refractivity (Wildman–Crippen MR) is 107 cm³/mol. The topological polar surface area (TPSA) is 49.8 Å². The lowest BCUT2D eigenvalue weighted by atomic mass is 10.1. The van der Waals surface area contributed by atoms with Crippen LogP contribution >= 0.6 is 0 Å². The van der Waals surface area contributed by atoms with Gasteiger partial charge in [-0.15, -0.1) is 0 Å². The molecule has 0 aliphatic heterocycles. The van der Waals surface area contributed by atoms with Crippen LogP contribution in [0.1, 0.15) is 27.0 Å². The number of benzene rings is 3. The number of anilines is 1. The van der Waals surface area contributed by atoms with Crippen LogP contribution in [0, 0.1) is 12.7 Å². The minimum Gasteiger partial charge on any atom is -0.489 e. The quantitative estimate of drug-likeness (QED) is 0.624. The third kappa shape index (κ3) is 4.88. The summed E-state index contributed by atoms with van der Waals surface area (Å²) in [7, 11) is 1.93. The van der Waals surface area contributed by atoms with Gasteiger partial charge < -0.3 is 14.7 Å². The fourth-order valence-corrected chi connectivity index (χ4v) is 2.96. The van der Waals surface area contributed by atoms with Crippen molar-refractivity contribution < 1.29 is 19.0 Å². The summed E-state index contributed by atoms with van der Waals surface area (Å²) in [5.41, 5.74) is 4.12. The lowest BCUT2D eigenvalue weighted by molar-refractivity contribution is 0.0697. The Labute approximate surface area is 163 Å². The Hall–Kier alpha value is -3.34. The Bertz CT molecular complexity index is 970. The number of nitrogens with zero attached hydrogens (tertiary/aromatic N) is 1. The summed E-state index contributed by atoms with van der Waals surface area (Å²) in [6.45, 7) is 3.00. The molecule has 0 aliphatic carbocycles. The number of carbonyl (C=O) groups is 1. The van der Waals surface area contributed by atoms with E-state index in [4.69, 9.17) is 9.84 Å². The fourth-order valence-electron chi connectivity index (χ4n) is 2.96. The van der Waals surface area contributed by atoms with Gasteiger partial charge in [0.25, 0.3) is 0 Å². The highest BCUT2D eigenvalue weighted by atomic mass is 19.1. The van der Waals surface area contributed by atoms with Crippen molar-refractivity contribution in [3.05, 3.63) is 94.8 Å². The predicted octanol–water partition coefficient (Wildman–Crippen LogP) is 5.05. The molecule has 3 aromatic rings. The number of hydrogen-bond donors (Lipinski definition) is 1. The van der Waals surface area contributed by atoms with E-state index in [0.29, 0.717) is 13.2 Å². The molecule has 28 heavy (non-hydrogen) atoms. The van der Waals surface area contributed by atoms with Gasteiger partial charge in [-0.2, -0.15) is 0 Å². The van der Waals surface area contributed by atoms with Gasteiger partial charge in [-0.3, -0.25) is 0 Å². The average Bonchev–Trinajstić information content (AvgIpc) is 2.68. The number of carboxylic acid groups (broad SMARTS) is 1. The minimum absolute atomic E-state index is 0.262. The molecule has 0 spiro atoms. The first-order valence-electron chi connectivity index (χ1n) is 8.93. The molecule has 0 amide bonds. The summed E-state index contributed by atoms with van der Waals surface area (Å²) in [5.74, 6) is -0.417. The summed E-state index contributed by atoms with van der Waals surface area (Å²) in [4.78, 5) is 13.1. The zero-order valence-corrected chi connectivity index (χ0v) is 15.9. The summed E-state index contributed by atoms with van der Waals surface area (Å²) in [6, 6.07) is 19.1. The molecule has 0 atom stereocenters. The molecule has 1 N–H and O–H groups in total. The number of aromatic carboxylic acids is 1. The second-order valence-corrected chi connectivity index (χ2v) is 6.73. The van der Waals surface area contributed by atoms with Crippen molar-refractivity contribution in [2.75, 3.05) is 11.9 Å². The summed E-state index contributed by atoms with van der Waals surface area (Å²) >= 11 is 0. The van der Waals surface area contributed by atoms with Gasteiger partial charge in [-0.05, 0) is 60.0 Å². The molecule has 0 heterocycles. The van der Waals surface area contributed by atoms with Crippen molar-refractivity contribution in [2.45, 2.75) is 20.1 Å². The smallest absolute Gasteiger partial charge is 0.335 e. The van der Waals surface area contributed by atoms with Gasteiger partial charge in [0.1, 0.15) is 18.2 Å². The molecule has 3 aromatic carbocycles. The molecule has 0 aromatic heterocycles. The van der Waals surface area contributed by atoms with Crippen LogP contribution in [0.4, 0.5) is 10.1 Å². The molecule has 4 nitrogen and oxygen atoms in total. The number of hydrogen-bond acceptors (Lipinski definition) is 3. The maximum absolute atomic E-state index is 13.0. The van der Waals surface area contributed by atoms with Crippen LogP contribution in [-0.2, 0) is 13.2 Å². The lowest BCUT2D eigenvalue weighted by Crippen LogP contribution is -2.17. The van der Waals surface area contributed by atoms with E-state index in [1.807, 2.05) is 37.1 Å². The Balaban J connectivity index is 1.65. The van der Waals surface area contributed by atoms with E-state index in [1.165, 1.54) is 12.1 Å². The van der Waals surface area contributed by atoms with Crippen LogP contribution in [0.3, 0.4) is 0 Å². The lowest BCUT2D eigenvalue weighted by Gasteiger charge is -2.20. The number of carboxylic acids is 1. The first kappa shape index (κ1) is 19.4. The van der Waals surface area contributed by atoms with Crippen molar-refractivity contribution in [1.29, 1.82) is 0 Å². The highest BCUT2D eigenvalue weighted by Crippen LogP contribution is 2.23. The van der Waals surface area contributed by atoms with Crippen molar-refractivity contribution in [2.24, 2.45) is 0 Å². The third-order valence-electron chi connectivity index (χ3n) is 4.50. The number of rotatable bonds is 7. The molecule has 144 valence electrons. The second kappa shape index (κ2) is 8.57. The zero-order valence-electron chi connectivity index (χ0n) is 15.9. The van der Waals surface area contributed by atoms with Crippen molar-refractivity contribution in [1.82, 2.24) is 0 Å². The Morgan fingerprint density at radius 1 is 1.04 bits per heavy atom. The Kier molecular flexibility index (Phi) is 5.94. The van der Waals surface area contributed by atoms with Gasteiger partial charge in [0, 0.05) is 19.3 Å². The maximum Gasteiger partial charge on any atom is 0.335 e. The SMILES string of the molecule is Cc1cc(CN(C)c2cccc(C(=O)O)c2)ccc1OCc1ccc(F)cc1. The van der Waals surface area contributed by atoms with Gasteiger partial charge >= 0.3 is 5.97 Å². The molecule has 0 unspecified atom stereocenters. The van der Waals surface area contributed by atoms with Crippen LogP contribution in [0.5, 0.6) is 5.75 Å². The monoisotopic (exact) mass is 379 g/mol. The fraction of sp³-hybridized carbons (Fsp3) is 0.174. The van der Waals surface area contributed by atoms with Crippen molar-refractivity contribution in [3.63, 3.8) is 0 Å². The van der Waals surface area contributed by atoms with Crippen LogP contribution in [0.2, 0.25) is 0 Å². The zero-order chi connectivity index (χ0) is 20.1. The minimum atomic E-state index is -0.936. The van der Waals surface area contributed by atoms with E-state index in [0.717, 1.165) is 28.1 Å². The molecule has 0 aliphatic rings. The average molecular weight is 379 g/mol. The highest BCUT2D eigenvalue weighted by molar-refractivity contribution is 5.88. The molecule has 0 saturated heterocycles. The van der Waals surface area contributed by atoms with E-state index in [9.17, 15) is 9.18 Å². The highest BCUT2D eigenvalue weighted by Gasteiger charge is 2.08. The molecule has 0 saturated carbocycles. The Morgan fingerprint density at radius 3 is 2.43 bits per heavy atom. The van der Waals surface area contributed by atoms with Crippen LogP contribution in [0.25, 0.3) is 0 Å². The van der Waals surface area contributed by atoms with E-state index < -0.39 is 5.97 Å². The summed E-state index contributed by atoms with van der Waals surface area (Å²) < 4.78 is 18.8. The van der Waals surface area contributed by atoms with Gasteiger partial charge in [0.2, 0.25) is 0 Å². The number of ether oxygens (including phenoxy) is 1. The van der Waals surface area contributed by atoms with Crippen LogP contribution < -0.4 is 9.64 Å². The van der Waals surface area contributed by atoms with Crippen LogP contribution in [0.15, 0.2) is 66.7 Å². The molecular formula is C23H22FNO3. The van der Waals surface area contributed by atoms with Crippen molar-refractivity contribution in [3.8, 4) is 5.75 Å².